The predicted molar refractivity (Wildman–Crippen MR) is 99.2 cm³/mol. The van der Waals surface area contributed by atoms with Gasteiger partial charge in [-0.1, -0.05) is 34.1 Å². The maximum atomic E-state index is 12.7. The second-order valence-electron chi connectivity index (χ2n) is 7.85. The number of nitrogens with one attached hydrogen (secondary N) is 3. The van der Waals surface area contributed by atoms with Crippen LogP contribution in [0.1, 0.15) is 61.3 Å². The summed E-state index contributed by atoms with van der Waals surface area (Å²) in [5, 5.41) is 2.72. The molecule has 0 heterocycles. The van der Waals surface area contributed by atoms with Gasteiger partial charge in [0.15, 0.2) is 0 Å². The summed E-state index contributed by atoms with van der Waals surface area (Å²) in [6.07, 6.45) is 0.490. The molecule has 8 heteroatoms. The van der Waals surface area contributed by atoms with Crippen LogP contribution in [-0.4, -0.2) is 42.8 Å². The lowest BCUT2D eigenvalue weighted by Crippen LogP contribution is -2.57. The number of amides is 2. The number of hydrogen-bond acceptors (Lipinski definition) is 6. The molecule has 0 bridgehead atoms. The molecule has 0 radical (unpaired) electrons. The van der Waals surface area contributed by atoms with E-state index < -0.39 is 29.7 Å². The van der Waals surface area contributed by atoms with Crippen LogP contribution in [0.15, 0.2) is 0 Å². The first-order valence-corrected chi connectivity index (χ1v) is 9.03. The Balaban J connectivity index is 5.01. The Morgan fingerprint density at radius 1 is 1.08 bits per heavy atom. The number of rotatable bonds is 9. The molecule has 0 saturated carbocycles. The lowest BCUT2D eigenvalue weighted by Gasteiger charge is -2.27. The van der Waals surface area contributed by atoms with Crippen LogP contribution in [-0.2, 0) is 19.1 Å². The molecule has 0 aliphatic rings. The first-order valence-electron chi connectivity index (χ1n) is 9.03. The molecule has 3 N–H and O–H groups in total. The molecule has 0 saturated heterocycles. The quantitative estimate of drug-likeness (QED) is 0.422. The highest BCUT2D eigenvalue weighted by molar-refractivity contribution is 5.87. The van der Waals surface area contributed by atoms with Crippen molar-refractivity contribution in [3.8, 4) is 0 Å². The van der Waals surface area contributed by atoms with E-state index in [0.717, 1.165) is 0 Å². The standard InChI is InChI=1S/C18H35N3O5/c1-9-12(4)14(20-21-17(24)26-18(5,6)7)15(22)19-13(10-11(2)3)16(23)25-8/h11-14,20H,9-10H2,1-8H3,(H,19,22)(H,21,24)/t12-,13-,14-/m0/s1. The van der Waals surface area contributed by atoms with Crippen molar-refractivity contribution in [1.82, 2.24) is 16.2 Å². The summed E-state index contributed by atoms with van der Waals surface area (Å²) < 4.78 is 9.92. The van der Waals surface area contributed by atoms with Gasteiger partial charge in [0.25, 0.3) is 0 Å². The lowest BCUT2D eigenvalue weighted by molar-refractivity contribution is -0.146. The molecule has 152 valence electrons. The number of esters is 1. The molecule has 0 unspecified atom stereocenters. The minimum atomic E-state index is -0.734. The highest BCUT2D eigenvalue weighted by atomic mass is 16.6. The van der Waals surface area contributed by atoms with Gasteiger partial charge in [-0.05, 0) is 39.0 Å². The van der Waals surface area contributed by atoms with Gasteiger partial charge in [-0.2, -0.15) is 0 Å². The zero-order chi connectivity index (χ0) is 20.5. The molecule has 0 rings (SSSR count). The Hall–Kier alpha value is -1.83. The number of carbonyl (C=O) groups excluding carboxylic acids is 3. The van der Waals surface area contributed by atoms with Gasteiger partial charge >= 0.3 is 12.1 Å². The largest absolute Gasteiger partial charge is 0.467 e. The molecule has 0 aromatic carbocycles. The van der Waals surface area contributed by atoms with Crippen LogP contribution in [0.4, 0.5) is 4.79 Å². The van der Waals surface area contributed by atoms with Crippen LogP contribution in [0.5, 0.6) is 0 Å². The van der Waals surface area contributed by atoms with Crippen molar-refractivity contribution in [1.29, 1.82) is 0 Å². The van der Waals surface area contributed by atoms with Gasteiger partial charge in [-0.15, -0.1) is 0 Å². The number of methoxy groups -OCH3 is 1. The summed E-state index contributed by atoms with van der Waals surface area (Å²) in [6.45, 7) is 13.0. The monoisotopic (exact) mass is 373 g/mol. The number of hydrazine groups is 1. The van der Waals surface area contributed by atoms with E-state index in [1.54, 1.807) is 20.8 Å². The van der Waals surface area contributed by atoms with Crippen molar-refractivity contribution >= 4 is 18.0 Å². The summed E-state index contributed by atoms with van der Waals surface area (Å²) >= 11 is 0. The van der Waals surface area contributed by atoms with Crippen LogP contribution in [0.25, 0.3) is 0 Å². The Labute approximate surface area is 156 Å². The summed E-state index contributed by atoms with van der Waals surface area (Å²) in [6, 6.07) is -1.45. The smallest absolute Gasteiger partial charge is 0.422 e. The van der Waals surface area contributed by atoms with Gasteiger partial charge in [-0.3, -0.25) is 10.2 Å². The molecular formula is C18H35N3O5. The van der Waals surface area contributed by atoms with Crippen LogP contribution < -0.4 is 16.2 Å². The highest BCUT2D eigenvalue weighted by Gasteiger charge is 2.30. The van der Waals surface area contributed by atoms with Crippen LogP contribution in [0, 0.1) is 11.8 Å². The number of ether oxygens (including phenoxy) is 2. The Kier molecular flexibility index (Phi) is 10.2. The molecule has 0 fully saturated rings. The van der Waals surface area contributed by atoms with E-state index in [9.17, 15) is 14.4 Å². The van der Waals surface area contributed by atoms with E-state index in [-0.39, 0.29) is 17.7 Å². The van der Waals surface area contributed by atoms with Crippen molar-refractivity contribution in [3.05, 3.63) is 0 Å². The molecule has 0 aromatic heterocycles. The van der Waals surface area contributed by atoms with Crippen LogP contribution in [0.3, 0.4) is 0 Å². The van der Waals surface area contributed by atoms with Crippen molar-refractivity contribution in [2.24, 2.45) is 11.8 Å². The SMILES string of the molecule is CC[C@H](C)[C@H](NNC(=O)OC(C)(C)C)C(=O)N[C@@H](CC(C)C)C(=O)OC. The molecule has 0 aliphatic carbocycles. The second kappa shape index (κ2) is 11.0. The van der Waals surface area contributed by atoms with E-state index in [1.807, 2.05) is 27.7 Å². The fourth-order valence-corrected chi connectivity index (χ4v) is 2.23. The average molecular weight is 373 g/mol. The lowest BCUT2D eigenvalue weighted by atomic mass is 9.97. The van der Waals surface area contributed by atoms with Crippen LogP contribution >= 0.6 is 0 Å². The molecule has 26 heavy (non-hydrogen) atoms. The minimum Gasteiger partial charge on any atom is -0.467 e. The third kappa shape index (κ3) is 9.60. The normalized spacial score (nSPS) is 15.0. The van der Waals surface area contributed by atoms with Crippen LogP contribution in [0.2, 0.25) is 0 Å². The Bertz CT molecular complexity index is 474. The molecule has 8 nitrogen and oxygen atoms in total. The zero-order valence-electron chi connectivity index (χ0n) is 17.3. The third-order valence-electron chi connectivity index (χ3n) is 3.73. The molecule has 2 amide bonds. The van der Waals surface area contributed by atoms with E-state index in [4.69, 9.17) is 9.47 Å². The van der Waals surface area contributed by atoms with Crippen molar-refractivity contribution in [2.75, 3.05) is 7.11 Å². The van der Waals surface area contributed by atoms with Gasteiger partial charge in [0.05, 0.1) is 7.11 Å². The summed E-state index contributed by atoms with van der Waals surface area (Å²) in [7, 11) is 1.29. The topological polar surface area (TPSA) is 106 Å². The number of carbonyl (C=O) groups is 3. The average Bonchev–Trinajstić information content (AvgIpc) is 2.51. The summed E-state index contributed by atoms with van der Waals surface area (Å²) in [4.78, 5) is 36.4. The van der Waals surface area contributed by atoms with Gasteiger partial charge in [-0.25, -0.2) is 15.0 Å². The van der Waals surface area contributed by atoms with Gasteiger partial charge in [0, 0.05) is 0 Å². The first-order chi connectivity index (χ1) is 11.9. The van der Waals surface area contributed by atoms with Crippen molar-refractivity contribution in [3.63, 3.8) is 0 Å². The van der Waals surface area contributed by atoms with Gasteiger partial charge < -0.3 is 14.8 Å². The van der Waals surface area contributed by atoms with E-state index in [0.29, 0.717) is 12.8 Å². The summed E-state index contributed by atoms with van der Waals surface area (Å²) in [5.74, 6) is -0.752. The van der Waals surface area contributed by atoms with Gasteiger partial charge in [0.2, 0.25) is 5.91 Å². The van der Waals surface area contributed by atoms with Gasteiger partial charge in [0.1, 0.15) is 17.7 Å². The third-order valence-corrected chi connectivity index (χ3v) is 3.73. The molecular weight excluding hydrogens is 338 g/mol. The fourth-order valence-electron chi connectivity index (χ4n) is 2.23. The maximum Gasteiger partial charge on any atom is 0.422 e. The van der Waals surface area contributed by atoms with E-state index in [1.165, 1.54) is 7.11 Å². The maximum absolute atomic E-state index is 12.7. The van der Waals surface area contributed by atoms with Crippen molar-refractivity contribution in [2.45, 2.75) is 79.0 Å². The molecule has 0 aliphatic heterocycles. The first kappa shape index (κ1) is 24.2. The summed E-state index contributed by atoms with van der Waals surface area (Å²) in [5.41, 5.74) is 4.48. The predicted octanol–water partition coefficient (Wildman–Crippen LogP) is 2.13. The Morgan fingerprint density at radius 3 is 2.08 bits per heavy atom. The zero-order valence-corrected chi connectivity index (χ0v) is 17.3. The molecule has 0 spiro atoms. The fraction of sp³-hybridized carbons (Fsp3) is 0.833. The van der Waals surface area contributed by atoms with E-state index >= 15 is 0 Å². The number of hydrogen-bond donors (Lipinski definition) is 3. The second-order valence-corrected chi connectivity index (χ2v) is 7.85. The molecule has 3 atom stereocenters. The van der Waals surface area contributed by atoms with Crippen molar-refractivity contribution < 1.29 is 23.9 Å². The van der Waals surface area contributed by atoms with E-state index in [2.05, 4.69) is 16.2 Å². The molecule has 0 aromatic rings. The minimum absolute atomic E-state index is 0.0812. The Morgan fingerprint density at radius 2 is 1.65 bits per heavy atom. The highest BCUT2D eigenvalue weighted by Crippen LogP contribution is 2.11.